The number of amides is 2. The fourth-order valence-corrected chi connectivity index (χ4v) is 4.66. The van der Waals surface area contributed by atoms with Crippen molar-refractivity contribution >= 4 is 27.5 Å². The van der Waals surface area contributed by atoms with Gasteiger partial charge in [0.1, 0.15) is 11.6 Å². The van der Waals surface area contributed by atoms with Gasteiger partial charge in [0.05, 0.1) is 16.1 Å². The van der Waals surface area contributed by atoms with Crippen LogP contribution in [0.3, 0.4) is 0 Å². The Bertz CT molecular complexity index is 1040. The summed E-state index contributed by atoms with van der Waals surface area (Å²) in [4.78, 5) is 23.8. The van der Waals surface area contributed by atoms with E-state index in [9.17, 15) is 26.8 Å². The predicted octanol–water partition coefficient (Wildman–Crippen LogP) is 2.10. The van der Waals surface area contributed by atoms with Crippen molar-refractivity contribution in [3.05, 3.63) is 59.7 Å². The molecule has 0 aliphatic carbocycles. The Hall–Kier alpha value is -2.85. The summed E-state index contributed by atoms with van der Waals surface area (Å²) in [5.74, 6) is -4.34. The van der Waals surface area contributed by atoms with E-state index >= 15 is 0 Å². The van der Waals surface area contributed by atoms with Crippen molar-refractivity contribution in [2.75, 3.05) is 18.4 Å². The van der Waals surface area contributed by atoms with E-state index in [4.69, 9.17) is 5.73 Å². The van der Waals surface area contributed by atoms with Crippen LogP contribution in [0.25, 0.3) is 0 Å². The number of anilines is 1. The summed E-state index contributed by atoms with van der Waals surface area (Å²) in [5.41, 5.74) is 4.14. The Balaban J connectivity index is 1.67. The smallest absolute Gasteiger partial charge is 0.251 e. The molecular weight excluding hydrogens is 404 g/mol. The Morgan fingerprint density at radius 1 is 1.03 bits per heavy atom. The zero-order valence-electron chi connectivity index (χ0n) is 15.3. The monoisotopic (exact) mass is 423 g/mol. The molecule has 0 bridgehead atoms. The van der Waals surface area contributed by atoms with Crippen LogP contribution in [0.5, 0.6) is 0 Å². The molecule has 7 nitrogen and oxygen atoms in total. The SMILES string of the molecule is NC(=O)c1cc(NC(=O)C2CCN(S(=O)(=O)c3ccccc3)CC2)c(F)cc1F. The van der Waals surface area contributed by atoms with Crippen molar-refractivity contribution in [2.24, 2.45) is 11.7 Å². The van der Waals surface area contributed by atoms with Gasteiger partial charge in [-0.25, -0.2) is 17.2 Å². The largest absolute Gasteiger partial charge is 0.366 e. The second kappa shape index (κ2) is 8.26. The van der Waals surface area contributed by atoms with Crippen LogP contribution in [0, 0.1) is 17.6 Å². The van der Waals surface area contributed by atoms with Gasteiger partial charge in [0.2, 0.25) is 15.9 Å². The van der Waals surface area contributed by atoms with Gasteiger partial charge < -0.3 is 11.1 Å². The molecule has 1 heterocycles. The molecule has 2 amide bonds. The molecule has 0 radical (unpaired) electrons. The summed E-state index contributed by atoms with van der Waals surface area (Å²) in [6.07, 6.45) is 0.479. The fraction of sp³-hybridized carbons (Fsp3) is 0.263. The standard InChI is InChI=1S/C19H19F2N3O4S/c20-15-11-16(21)17(10-14(15)18(22)25)23-19(26)12-6-8-24(9-7-12)29(27,28)13-4-2-1-3-5-13/h1-5,10-12H,6-9H2,(H2,22,25)(H,23,26). The van der Waals surface area contributed by atoms with Crippen LogP contribution in [0.15, 0.2) is 47.4 Å². The highest BCUT2D eigenvalue weighted by Crippen LogP contribution is 2.26. The van der Waals surface area contributed by atoms with E-state index in [0.29, 0.717) is 6.07 Å². The molecule has 0 aromatic heterocycles. The quantitative estimate of drug-likeness (QED) is 0.767. The number of nitrogens with one attached hydrogen (secondary N) is 1. The highest BCUT2D eigenvalue weighted by Gasteiger charge is 2.32. The first-order valence-electron chi connectivity index (χ1n) is 8.85. The molecule has 0 atom stereocenters. The molecule has 1 saturated heterocycles. The van der Waals surface area contributed by atoms with Gasteiger partial charge in [-0.2, -0.15) is 4.31 Å². The highest BCUT2D eigenvalue weighted by atomic mass is 32.2. The van der Waals surface area contributed by atoms with Crippen LogP contribution in [-0.4, -0.2) is 37.6 Å². The predicted molar refractivity (Wildman–Crippen MR) is 101 cm³/mol. The Morgan fingerprint density at radius 2 is 1.66 bits per heavy atom. The molecule has 1 aliphatic heterocycles. The van der Waals surface area contributed by atoms with Crippen LogP contribution in [0.2, 0.25) is 0 Å². The van der Waals surface area contributed by atoms with Gasteiger partial charge in [-0.3, -0.25) is 9.59 Å². The summed E-state index contributed by atoms with van der Waals surface area (Å²) in [7, 11) is -3.65. The van der Waals surface area contributed by atoms with Gasteiger partial charge in [-0.05, 0) is 31.0 Å². The number of benzene rings is 2. The maximum Gasteiger partial charge on any atom is 0.251 e. The first-order valence-corrected chi connectivity index (χ1v) is 10.3. The van der Waals surface area contributed by atoms with Gasteiger partial charge in [0, 0.05) is 25.1 Å². The molecular formula is C19H19F2N3O4S. The third kappa shape index (κ3) is 4.43. The van der Waals surface area contributed by atoms with Crippen LogP contribution in [0.1, 0.15) is 23.2 Å². The zero-order valence-corrected chi connectivity index (χ0v) is 16.1. The summed E-state index contributed by atoms with van der Waals surface area (Å²) in [6, 6.07) is 9.30. The fourth-order valence-electron chi connectivity index (χ4n) is 3.17. The molecule has 1 aliphatic rings. The number of nitrogens with two attached hydrogens (primary N) is 1. The van der Waals surface area contributed by atoms with Crippen LogP contribution in [0.4, 0.5) is 14.5 Å². The lowest BCUT2D eigenvalue weighted by Gasteiger charge is -2.30. The second-order valence-corrected chi connectivity index (χ2v) is 8.59. The van der Waals surface area contributed by atoms with E-state index in [0.717, 1.165) is 6.07 Å². The topological polar surface area (TPSA) is 110 Å². The van der Waals surface area contributed by atoms with Crippen LogP contribution >= 0.6 is 0 Å². The number of sulfonamides is 1. The molecule has 0 unspecified atom stereocenters. The molecule has 1 fully saturated rings. The first kappa shape index (κ1) is 20.9. The second-order valence-electron chi connectivity index (χ2n) is 6.66. The molecule has 154 valence electrons. The minimum atomic E-state index is -3.65. The minimum Gasteiger partial charge on any atom is -0.366 e. The number of rotatable bonds is 5. The van der Waals surface area contributed by atoms with E-state index in [2.05, 4.69) is 5.32 Å². The third-order valence-electron chi connectivity index (χ3n) is 4.79. The van der Waals surface area contributed by atoms with E-state index < -0.39 is 45.0 Å². The van der Waals surface area contributed by atoms with E-state index in [1.165, 1.54) is 16.4 Å². The van der Waals surface area contributed by atoms with E-state index in [1.807, 2.05) is 0 Å². The van der Waals surface area contributed by atoms with E-state index in [-0.39, 0.29) is 36.5 Å². The Morgan fingerprint density at radius 3 is 2.24 bits per heavy atom. The molecule has 2 aromatic carbocycles. The molecule has 3 N–H and O–H groups in total. The Labute approximate surface area is 166 Å². The van der Waals surface area contributed by atoms with Gasteiger partial charge in [0.15, 0.2) is 0 Å². The average molecular weight is 423 g/mol. The number of primary amides is 1. The number of nitrogens with zero attached hydrogens (tertiary/aromatic N) is 1. The maximum absolute atomic E-state index is 13.9. The molecule has 10 heteroatoms. The number of hydrogen-bond donors (Lipinski definition) is 2. The number of piperidine rings is 1. The number of halogens is 2. The lowest BCUT2D eigenvalue weighted by Crippen LogP contribution is -2.41. The Kier molecular flexibility index (Phi) is 5.94. The third-order valence-corrected chi connectivity index (χ3v) is 6.70. The van der Waals surface area contributed by atoms with Gasteiger partial charge in [0.25, 0.3) is 5.91 Å². The van der Waals surface area contributed by atoms with Crippen molar-refractivity contribution in [3.63, 3.8) is 0 Å². The molecule has 0 spiro atoms. The van der Waals surface area contributed by atoms with E-state index in [1.54, 1.807) is 18.2 Å². The summed E-state index contributed by atoms with van der Waals surface area (Å²) in [6.45, 7) is 0.265. The van der Waals surface area contributed by atoms with Crippen molar-refractivity contribution in [3.8, 4) is 0 Å². The van der Waals surface area contributed by atoms with Crippen LogP contribution in [-0.2, 0) is 14.8 Å². The van der Waals surface area contributed by atoms with Crippen molar-refractivity contribution < 1.29 is 26.8 Å². The molecule has 29 heavy (non-hydrogen) atoms. The van der Waals surface area contributed by atoms with Gasteiger partial charge in [-0.15, -0.1) is 0 Å². The molecule has 0 saturated carbocycles. The summed E-state index contributed by atoms with van der Waals surface area (Å²) in [5, 5.41) is 2.33. The number of carbonyl (C=O) groups is 2. The molecule has 2 aromatic rings. The zero-order chi connectivity index (χ0) is 21.2. The van der Waals surface area contributed by atoms with Gasteiger partial charge in [-0.1, -0.05) is 18.2 Å². The van der Waals surface area contributed by atoms with Crippen molar-refractivity contribution in [1.82, 2.24) is 4.31 Å². The lowest BCUT2D eigenvalue weighted by atomic mass is 9.97. The highest BCUT2D eigenvalue weighted by molar-refractivity contribution is 7.89. The first-order chi connectivity index (χ1) is 13.7. The van der Waals surface area contributed by atoms with Gasteiger partial charge >= 0.3 is 0 Å². The number of carbonyl (C=O) groups excluding carboxylic acids is 2. The van der Waals surface area contributed by atoms with Crippen LogP contribution < -0.4 is 11.1 Å². The lowest BCUT2D eigenvalue weighted by molar-refractivity contribution is -0.120. The van der Waals surface area contributed by atoms with Crippen molar-refractivity contribution in [2.45, 2.75) is 17.7 Å². The molecule has 3 rings (SSSR count). The van der Waals surface area contributed by atoms with Crippen molar-refractivity contribution in [1.29, 1.82) is 0 Å². The summed E-state index contributed by atoms with van der Waals surface area (Å²) >= 11 is 0. The summed E-state index contributed by atoms with van der Waals surface area (Å²) < 4.78 is 54.0. The normalized spacial score (nSPS) is 15.8. The average Bonchev–Trinajstić information content (AvgIpc) is 2.70. The maximum atomic E-state index is 13.9. The number of hydrogen-bond acceptors (Lipinski definition) is 4. The minimum absolute atomic E-state index is 0.133.